The predicted octanol–water partition coefficient (Wildman–Crippen LogP) is 4.17. The monoisotopic (exact) mass is 494 g/mol. The zero-order valence-electron chi connectivity index (χ0n) is 19.2. The van der Waals surface area contributed by atoms with Crippen molar-refractivity contribution >= 4 is 32.5 Å². The first-order chi connectivity index (χ1) is 16.7. The van der Waals surface area contributed by atoms with Crippen molar-refractivity contribution in [3.05, 3.63) is 71.9 Å². The van der Waals surface area contributed by atoms with Gasteiger partial charge in [0, 0.05) is 11.3 Å². The molecule has 5 rings (SSSR count). The molecule has 0 aliphatic carbocycles. The SMILES string of the molecule is COc1ccc(-c2cc3c(nc(C)n3C3CCS(=O)(=O)C3)c(C(=O)Nc3ccc(F)cc3)n2)cc1. The third-order valence-electron chi connectivity index (χ3n) is 6.13. The Kier molecular flexibility index (Phi) is 5.76. The average Bonchev–Trinajstić information content (AvgIpc) is 3.37. The molecule has 4 aromatic rings. The number of aryl methyl sites for hydroxylation is 1. The number of carbonyl (C=O) groups excluding carboxylic acids is 1. The van der Waals surface area contributed by atoms with Crippen LogP contribution in [0.4, 0.5) is 10.1 Å². The van der Waals surface area contributed by atoms with Crippen molar-refractivity contribution in [2.45, 2.75) is 19.4 Å². The molecule has 1 atom stereocenters. The molecule has 1 aliphatic heterocycles. The van der Waals surface area contributed by atoms with E-state index in [2.05, 4.69) is 15.3 Å². The number of nitrogens with zero attached hydrogens (tertiary/aromatic N) is 3. The van der Waals surface area contributed by atoms with Gasteiger partial charge in [-0.15, -0.1) is 0 Å². The van der Waals surface area contributed by atoms with Crippen molar-refractivity contribution in [1.82, 2.24) is 14.5 Å². The summed E-state index contributed by atoms with van der Waals surface area (Å²) in [5, 5.41) is 2.75. The van der Waals surface area contributed by atoms with Gasteiger partial charge < -0.3 is 14.6 Å². The number of pyridine rings is 1. The van der Waals surface area contributed by atoms with Crippen molar-refractivity contribution in [2.75, 3.05) is 23.9 Å². The van der Waals surface area contributed by atoms with Gasteiger partial charge in [-0.2, -0.15) is 0 Å². The van der Waals surface area contributed by atoms with Crippen LogP contribution in [0.5, 0.6) is 5.75 Å². The largest absolute Gasteiger partial charge is 0.497 e. The predicted molar refractivity (Wildman–Crippen MR) is 131 cm³/mol. The number of ether oxygens (including phenoxy) is 1. The molecular formula is C25H23FN4O4S. The van der Waals surface area contributed by atoms with E-state index in [-0.39, 0.29) is 23.2 Å². The fourth-order valence-electron chi connectivity index (χ4n) is 4.44. The van der Waals surface area contributed by atoms with E-state index in [1.807, 2.05) is 22.8 Å². The number of fused-ring (bicyclic) bond motifs is 1. The number of anilines is 1. The topological polar surface area (TPSA) is 103 Å². The highest BCUT2D eigenvalue weighted by Crippen LogP contribution is 2.33. The molecule has 0 saturated carbocycles. The normalized spacial score (nSPS) is 16.9. The highest BCUT2D eigenvalue weighted by atomic mass is 32.2. The maximum atomic E-state index is 13.3. The molecule has 1 N–H and O–H groups in total. The van der Waals surface area contributed by atoms with Crippen LogP contribution in [0.2, 0.25) is 0 Å². The van der Waals surface area contributed by atoms with Gasteiger partial charge in [-0.25, -0.2) is 22.8 Å². The third-order valence-corrected chi connectivity index (χ3v) is 7.88. The lowest BCUT2D eigenvalue weighted by molar-refractivity contribution is 0.102. The molecule has 3 heterocycles. The van der Waals surface area contributed by atoms with Crippen molar-refractivity contribution in [3.8, 4) is 17.0 Å². The number of sulfone groups is 1. The number of benzene rings is 2. The Labute approximate surface area is 201 Å². The molecule has 2 aromatic carbocycles. The van der Waals surface area contributed by atoms with E-state index in [0.29, 0.717) is 40.4 Å². The Bertz CT molecular complexity index is 1530. The number of imidazole rings is 1. The Morgan fingerprint density at radius 2 is 1.83 bits per heavy atom. The summed E-state index contributed by atoms with van der Waals surface area (Å²) in [6.07, 6.45) is 0.478. The Morgan fingerprint density at radius 1 is 1.11 bits per heavy atom. The smallest absolute Gasteiger partial charge is 0.276 e. The standard InChI is InChI=1S/C25H23FN4O4S/c1-15-27-23-22(30(15)19-11-12-35(32,33)14-19)13-21(16-3-9-20(34-2)10-4-16)29-24(23)25(31)28-18-7-5-17(26)6-8-18/h3-10,13,19H,11-12,14H2,1-2H3,(H,28,31). The maximum Gasteiger partial charge on any atom is 0.276 e. The van der Waals surface area contributed by atoms with E-state index in [9.17, 15) is 17.6 Å². The molecule has 0 bridgehead atoms. The lowest BCUT2D eigenvalue weighted by Gasteiger charge is -2.15. The molecule has 1 unspecified atom stereocenters. The number of nitrogens with one attached hydrogen (secondary N) is 1. The number of halogens is 1. The molecule has 1 saturated heterocycles. The number of carbonyl (C=O) groups is 1. The Hall–Kier alpha value is -3.79. The van der Waals surface area contributed by atoms with Crippen LogP contribution in [-0.2, 0) is 9.84 Å². The minimum atomic E-state index is -3.14. The number of amides is 1. The number of rotatable bonds is 5. The molecular weight excluding hydrogens is 471 g/mol. The van der Waals surface area contributed by atoms with Crippen molar-refractivity contribution in [2.24, 2.45) is 0 Å². The van der Waals surface area contributed by atoms with Crippen LogP contribution in [0, 0.1) is 12.7 Å². The first-order valence-electron chi connectivity index (χ1n) is 11.1. The second-order valence-electron chi connectivity index (χ2n) is 8.50. The zero-order valence-corrected chi connectivity index (χ0v) is 20.0. The lowest BCUT2D eigenvalue weighted by Crippen LogP contribution is -2.15. The number of methoxy groups -OCH3 is 1. The van der Waals surface area contributed by atoms with Crippen molar-refractivity contribution < 1.29 is 22.3 Å². The Balaban J connectivity index is 1.66. The molecule has 1 aliphatic rings. The van der Waals surface area contributed by atoms with Crippen LogP contribution in [-0.4, -0.2) is 47.5 Å². The van der Waals surface area contributed by atoms with Crippen LogP contribution in [0.1, 0.15) is 28.8 Å². The van der Waals surface area contributed by atoms with E-state index in [1.165, 1.54) is 24.3 Å². The van der Waals surface area contributed by atoms with Gasteiger partial charge in [-0.05, 0) is 67.9 Å². The van der Waals surface area contributed by atoms with Crippen molar-refractivity contribution in [3.63, 3.8) is 0 Å². The first-order valence-corrected chi connectivity index (χ1v) is 12.9. The summed E-state index contributed by atoms with van der Waals surface area (Å²) in [6, 6.07) is 14.3. The molecule has 1 amide bonds. The summed E-state index contributed by atoms with van der Waals surface area (Å²) >= 11 is 0. The van der Waals surface area contributed by atoms with Gasteiger partial charge in [-0.1, -0.05) is 0 Å². The van der Waals surface area contributed by atoms with E-state index in [1.54, 1.807) is 26.2 Å². The van der Waals surface area contributed by atoms with Gasteiger partial charge in [-0.3, -0.25) is 4.79 Å². The van der Waals surface area contributed by atoms with Gasteiger partial charge >= 0.3 is 0 Å². The molecule has 0 radical (unpaired) electrons. The van der Waals surface area contributed by atoms with Gasteiger partial charge in [0.15, 0.2) is 15.5 Å². The van der Waals surface area contributed by atoms with E-state index >= 15 is 0 Å². The second kappa shape index (κ2) is 8.77. The number of hydrogen-bond acceptors (Lipinski definition) is 6. The maximum absolute atomic E-state index is 13.3. The Morgan fingerprint density at radius 3 is 2.46 bits per heavy atom. The summed E-state index contributed by atoms with van der Waals surface area (Å²) in [4.78, 5) is 22.5. The summed E-state index contributed by atoms with van der Waals surface area (Å²) in [7, 11) is -1.56. The average molecular weight is 495 g/mol. The number of aromatic nitrogens is 3. The fraction of sp³-hybridized carbons (Fsp3) is 0.240. The highest BCUT2D eigenvalue weighted by molar-refractivity contribution is 7.91. The molecule has 2 aromatic heterocycles. The van der Waals surface area contributed by atoms with Gasteiger partial charge in [0.1, 0.15) is 22.9 Å². The first kappa shape index (κ1) is 23.0. The molecule has 0 spiro atoms. The molecule has 10 heteroatoms. The molecule has 8 nitrogen and oxygen atoms in total. The second-order valence-corrected chi connectivity index (χ2v) is 10.7. The van der Waals surface area contributed by atoms with Gasteiger partial charge in [0.2, 0.25) is 0 Å². The highest BCUT2D eigenvalue weighted by Gasteiger charge is 2.32. The van der Waals surface area contributed by atoms with Crippen LogP contribution in [0.3, 0.4) is 0 Å². The third kappa shape index (κ3) is 4.49. The van der Waals surface area contributed by atoms with Gasteiger partial charge in [0.25, 0.3) is 5.91 Å². The quantitative estimate of drug-likeness (QED) is 0.447. The minimum Gasteiger partial charge on any atom is -0.497 e. The van der Waals surface area contributed by atoms with Crippen LogP contribution >= 0.6 is 0 Å². The molecule has 180 valence electrons. The summed E-state index contributed by atoms with van der Waals surface area (Å²) < 4.78 is 44.8. The summed E-state index contributed by atoms with van der Waals surface area (Å²) in [5.41, 5.74) is 2.82. The fourth-order valence-corrected chi connectivity index (χ4v) is 6.14. The summed E-state index contributed by atoms with van der Waals surface area (Å²) in [6.45, 7) is 1.79. The molecule has 35 heavy (non-hydrogen) atoms. The van der Waals surface area contributed by atoms with Crippen molar-refractivity contribution in [1.29, 1.82) is 0 Å². The zero-order chi connectivity index (χ0) is 24.7. The van der Waals surface area contributed by atoms with E-state index in [4.69, 9.17) is 4.74 Å². The van der Waals surface area contributed by atoms with E-state index in [0.717, 1.165) is 5.56 Å². The molecule has 1 fully saturated rings. The number of hydrogen-bond donors (Lipinski definition) is 1. The van der Waals surface area contributed by atoms with Crippen LogP contribution in [0.15, 0.2) is 54.6 Å². The van der Waals surface area contributed by atoms with Gasteiger partial charge in [0.05, 0.1) is 35.9 Å². The summed E-state index contributed by atoms with van der Waals surface area (Å²) in [5.74, 6) is 0.515. The van der Waals surface area contributed by atoms with E-state index < -0.39 is 21.6 Å². The minimum absolute atomic E-state index is 0.0244. The lowest BCUT2D eigenvalue weighted by atomic mass is 10.1. The van der Waals surface area contributed by atoms with Crippen LogP contribution in [0.25, 0.3) is 22.3 Å². The van der Waals surface area contributed by atoms with Crippen LogP contribution < -0.4 is 10.1 Å².